The molecule has 1 unspecified atom stereocenters. The molecule has 0 spiro atoms. The maximum Gasteiger partial charge on any atom is 0.390 e. The van der Waals surface area contributed by atoms with E-state index in [1.165, 1.54) is 6.07 Å². The summed E-state index contributed by atoms with van der Waals surface area (Å²) in [7, 11) is -4.18. The van der Waals surface area contributed by atoms with Gasteiger partial charge in [-0.05, 0) is 41.1 Å². The molecule has 3 nitrogen and oxygen atoms in total. The molecule has 0 aromatic heterocycles. The summed E-state index contributed by atoms with van der Waals surface area (Å²) in [5.41, 5.74) is 0. The van der Waals surface area contributed by atoms with E-state index < -0.39 is 39.4 Å². The molecule has 0 aliphatic rings. The van der Waals surface area contributed by atoms with E-state index in [1.807, 2.05) is 4.72 Å². The predicted molar refractivity (Wildman–Crippen MR) is 64.6 cm³/mol. The minimum atomic E-state index is -4.48. The Morgan fingerprint density at radius 1 is 1.37 bits per heavy atom. The third-order valence-corrected chi connectivity index (χ3v) is 4.33. The van der Waals surface area contributed by atoms with Gasteiger partial charge in [0.1, 0.15) is 5.82 Å². The standard InChI is InChI=1S/C10H10BrF4NO2S/c1-6(5-10(13,14)15)16-19(17,18)7-2-3-8(11)9(12)4-7/h2-4,6,16H,5H2,1H3. The van der Waals surface area contributed by atoms with Crippen molar-refractivity contribution < 1.29 is 26.0 Å². The Morgan fingerprint density at radius 2 is 1.95 bits per heavy atom. The maximum absolute atomic E-state index is 13.2. The van der Waals surface area contributed by atoms with Crippen LogP contribution >= 0.6 is 15.9 Å². The lowest BCUT2D eigenvalue weighted by Gasteiger charge is -2.16. The number of rotatable bonds is 4. The monoisotopic (exact) mass is 363 g/mol. The van der Waals surface area contributed by atoms with Gasteiger partial charge in [0.15, 0.2) is 0 Å². The van der Waals surface area contributed by atoms with Crippen LogP contribution < -0.4 is 4.72 Å². The second kappa shape index (κ2) is 5.76. The first-order valence-electron chi connectivity index (χ1n) is 5.05. The Bertz CT molecular complexity index is 559. The highest BCUT2D eigenvalue weighted by atomic mass is 79.9. The molecule has 1 rings (SSSR count). The Morgan fingerprint density at radius 3 is 2.42 bits per heavy atom. The first-order chi connectivity index (χ1) is 8.51. The molecule has 19 heavy (non-hydrogen) atoms. The van der Waals surface area contributed by atoms with Crippen LogP contribution in [0.1, 0.15) is 13.3 Å². The van der Waals surface area contributed by atoms with E-state index >= 15 is 0 Å². The van der Waals surface area contributed by atoms with Gasteiger partial charge in [-0.1, -0.05) is 0 Å². The predicted octanol–water partition coefficient (Wildman–Crippen LogP) is 3.21. The third kappa shape index (κ3) is 5.07. The third-order valence-electron chi connectivity index (χ3n) is 2.10. The van der Waals surface area contributed by atoms with E-state index in [1.54, 1.807) is 0 Å². The molecule has 0 aliphatic carbocycles. The average Bonchev–Trinajstić information content (AvgIpc) is 2.17. The van der Waals surface area contributed by atoms with E-state index in [9.17, 15) is 26.0 Å². The molecule has 9 heteroatoms. The van der Waals surface area contributed by atoms with Crippen molar-refractivity contribution in [1.82, 2.24) is 4.72 Å². The van der Waals surface area contributed by atoms with Crippen LogP contribution in [0.4, 0.5) is 17.6 Å². The van der Waals surface area contributed by atoms with Crippen molar-refractivity contribution >= 4 is 26.0 Å². The molecule has 0 amide bonds. The molecule has 0 bridgehead atoms. The van der Waals surface area contributed by atoms with Gasteiger partial charge in [-0.2, -0.15) is 13.2 Å². The summed E-state index contributed by atoms with van der Waals surface area (Å²) in [6.45, 7) is 1.08. The quantitative estimate of drug-likeness (QED) is 0.835. The molecule has 1 atom stereocenters. The number of nitrogens with one attached hydrogen (secondary N) is 1. The summed E-state index contributed by atoms with van der Waals surface area (Å²) in [6, 6.07) is 1.65. The molecule has 0 aliphatic heterocycles. The van der Waals surface area contributed by atoms with Crippen LogP contribution in [0.3, 0.4) is 0 Å². The van der Waals surface area contributed by atoms with Crippen molar-refractivity contribution in [3.05, 3.63) is 28.5 Å². The van der Waals surface area contributed by atoms with Gasteiger partial charge >= 0.3 is 6.18 Å². The van der Waals surface area contributed by atoms with Gasteiger partial charge in [-0.3, -0.25) is 0 Å². The lowest BCUT2D eigenvalue weighted by molar-refractivity contribution is -0.137. The second-order valence-electron chi connectivity index (χ2n) is 3.92. The Kier molecular flexibility index (Phi) is 4.97. The van der Waals surface area contributed by atoms with Gasteiger partial charge in [0.25, 0.3) is 0 Å². The van der Waals surface area contributed by atoms with Crippen molar-refractivity contribution in [3.63, 3.8) is 0 Å². The summed E-state index contributed by atoms with van der Waals surface area (Å²) in [4.78, 5) is -0.428. The zero-order valence-corrected chi connectivity index (χ0v) is 12.0. The molecule has 108 valence electrons. The van der Waals surface area contributed by atoms with Crippen LogP contribution in [0.25, 0.3) is 0 Å². The molecular formula is C10H10BrF4NO2S. The van der Waals surface area contributed by atoms with Crippen molar-refractivity contribution in [2.24, 2.45) is 0 Å². The average molecular weight is 364 g/mol. The van der Waals surface area contributed by atoms with Crippen LogP contribution in [0.5, 0.6) is 0 Å². The molecule has 1 aromatic rings. The van der Waals surface area contributed by atoms with E-state index in [0.29, 0.717) is 0 Å². The molecule has 1 aromatic carbocycles. The SMILES string of the molecule is CC(CC(F)(F)F)NS(=O)(=O)c1ccc(Br)c(F)c1. The minimum absolute atomic E-state index is 0.0646. The molecule has 0 heterocycles. The number of sulfonamides is 1. The van der Waals surface area contributed by atoms with Crippen LogP contribution in [0.2, 0.25) is 0 Å². The molecular weight excluding hydrogens is 354 g/mol. The van der Waals surface area contributed by atoms with Crippen LogP contribution in [0.15, 0.2) is 27.6 Å². The molecule has 1 N–H and O–H groups in total. The molecule has 0 saturated carbocycles. The fourth-order valence-electron chi connectivity index (χ4n) is 1.37. The van der Waals surface area contributed by atoms with Gasteiger partial charge in [-0.25, -0.2) is 17.5 Å². The van der Waals surface area contributed by atoms with Gasteiger partial charge in [-0.15, -0.1) is 0 Å². The van der Waals surface area contributed by atoms with Crippen LogP contribution in [0, 0.1) is 5.82 Å². The summed E-state index contributed by atoms with van der Waals surface area (Å²) in [5.74, 6) is -0.814. The Labute approximate surface area is 116 Å². The first kappa shape index (κ1) is 16.4. The van der Waals surface area contributed by atoms with Crippen molar-refractivity contribution in [2.75, 3.05) is 0 Å². The van der Waals surface area contributed by atoms with Gasteiger partial charge < -0.3 is 0 Å². The zero-order chi connectivity index (χ0) is 14.8. The Balaban J connectivity index is 2.89. The summed E-state index contributed by atoms with van der Waals surface area (Å²) >= 11 is 2.85. The highest BCUT2D eigenvalue weighted by Gasteiger charge is 2.32. The minimum Gasteiger partial charge on any atom is -0.208 e. The highest BCUT2D eigenvalue weighted by Crippen LogP contribution is 2.23. The van der Waals surface area contributed by atoms with E-state index in [-0.39, 0.29) is 4.47 Å². The summed E-state index contributed by atoms with van der Waals surface area (Å²) in [6.07, 6.45) is -5.78. The molecule has 0 radical (unpaired) electrons. The van der Waals surface area contributed by atoms with E-state index in [0.717, 1.165) is 19.1 Å². The van der Waals surface area contributed by atoms with Crippen molar-refractivity contribution in [2.45, 2.75) is 30.5 Å². The topological polar surface area (TPSA) is 46.2 Å². The number of alkyl halides is 3. The number of hydrogen-bond acceptors (Lipinski definition) is 2. The van der Waals surface area contributed by atoms with Gasteiger partial charge in [0, 0.05) is 6.04 Å². The lowest BCUT2D eigenvalue weighted by atomic mass is 10.2. The number of benzene rings is 1. The maximum atomic E-state index is 13.2. The fourth-order valence-corrected chi connectivity index (χ4v) is 2.87. The summed E-state index contributed by atoms with van der Waals surface area (Å²) < 4.78 is 74.9. The largest absolute Gasteiger partial charge is 0.390 e. The second-order valence-corrected chi connectivity index (χ2v) is 6.49. The Hall–Kier alpha value is -0.670. The van der Waals surface area contributed by atoms with E-state index in [4.69, 9.17) is 0 Å². The number of halogens is 5. The van der Waals surface area contributed by atoms with Gasteiger partial charge in [0.2, 0.25) is 10.0 Å². The first-order valence-corrected chi connectivity index (χ1v) is 7.33. The molecule has 0 fully saturated rings. The normalized spacial score (nSPS) is 14.4. The lowest BCUT2D eigenvalue weighted by Crippen LogP contribution is -2.35. The van der Waals surface area contributed by atoms with Gasteiger partial charge in [0.05, 0.1) is 15.8 Å². The van der Waals surface area contributed by atoms with E-state index in [2.05, 4.69) is 15.9 Å². The number of hydrogen-bond donors (Lipinski definition) is 1. The molecule has 0 saturated heterocycles. The van der Waals surface area contributed by atoms with Crippen molar-refractivity contribution in [3.8, 4) is 0 Å². The van der Waals surface area contributed by atoms with Crippen LogP contribution in [-0.2, 0) is 10.0 Å². The zero-order valence-electron chi connectivity index (χ0n) is 9.63. The fraction of sp³-hybridized carbons (Fsp3) is 0.400. The summed E-state index contributed by atoms with van der Waals surface area (Å²) in [5, 5.41) is 0. The van der Waals surface area contributed by atoms with Crippen LogP contribution in [-0.4, -0.2) is 20.6 Å². The smallest absolute Gasteiger partial charge is 0.208 e. The van der Waals surface area contributed by atoms with Crippen molar-refractivity contribution in [1.29, 1.82) is 0 Å². The highest BCUT2D eigenvalue weighted by molar-refractivity contribution is 9.10.